The number of aryl methyl sites for hydroxylation is 1. The second-order valence-electron chi connectivity index (χ2n) is 8.24. The van der Waals surface area contributed by atoms with Crippen LogP contribution in [0.15, 0.2) is 24.3 Å². The topological polar surface area (TPSA) is 66.8 Å². The van der Waals surface area contributed by atoms with Gasteiger partial charge in [-0.15, -0.1) is 0 Å². The lowest BCUT2D eigenvalue weighted by molar-refractivity contribution is 0.0417. The van der Waals surface area contributed by atoms with Crippen LogP contribution in [0, 0.1) is 11.8 Å². The van der Waals surface area contributed by atoms with Gasteiger partial charge in [0.1, 0.15) is 16.9 Å². The molecule has 1 heterocycles. The van der Waals surface area contributed by atoms with Gasteiger partial charge in [-0.25, -0.2) is 4.79 Å². The van der Waals surface area contributed by atoms with Crippen molar-refractivity contribution < 1.29 is 19.7 Å². The SMILES string of the molecule is C=C(C)[C@H]1CC2c3ccc(CCC)c(C(=O)O)c3OC23[C@@H](C1)[C@]3(C)O.CC. The van der Waals surface area contributed by atoms with Gasteiger partial charge in [-0.2, -0.15) is 0 Å². The molecule has 4 heteroatoms. The van der Waals surface area contributed by atoms with Gasteiger partial charge in [-0.1, -0.05) is 51.5 Å². The summed E-state index contributed by atoms with van der Waals surface area (Å²) in [5, 5.41) is 20.8. The largest absolute Gasteiger partial charge is 0.482 e. The van der Waals surface area contributed by atoms with Crippen molar-refractivity contribution >= 4 is 5.97 Å². The number of carboxylic acids is 1. The van der Waals surface area contributed by atoms with Gasteiger partial charge in [-0.05, 0) is 44.6 Å². The molecule has 2 unspecified atom stereocenters. The molecule has 27 heavy (non-hydrogen) atoms. The van der Waals surface area contributed by atoms with Crippen molar-refractivity contribution in [1.29, 1.82) is 0 Å². The van der Waals surface area contributed by atoms with Crippen LogP contribution in [0.1, 0.15) is 81.3 Å². The Bertz CT molecular complexity index is 779. The number of aromatic carboxylic acids is 1. The highest BCUT2D eigenvalue weighted by Crippen LogP contribution is 2.74. The molecule has 0 radical (unpaired) electrons. The fourth-order valence-corrected chi connectivity index (χ4v) is 5.44. The van der Waals surface area contributed by atoms with E-state index in [2.05, 4.69) is 6.58 Å². The predicted molar refractivity (Wildman–Crippen MR) is 106 cm³/mol. The molecule has 1 aliphatic heterocycles. The number of hydrogen-bond donors (Lipinski definition) is 2. The Hall–Kier alpha value is -1.81. The number of rotatable bonds is 4. The van der Waals surface area contributed by atoms with Crippen LogP contribution in [-0.4, -0.2) is 27.4 Å². The van der Waals surface area contributed by atoms with E-state index in [0.717, 1.165) is 36.0 Å². The van der Waals surface area contributed by atoms with Crippen LogP contribution in [-0.2, 0) is 6.42 Å². The molecule has 1 spiro atoms. The number of ether oxygens (including phenoxy) is 1. The normalized spacial score (nSPS) is 35.0. The molecule has 2 aliphatic carbocycles. The minimum absolute atomic E-state index is 0.0316. The van der Waals surface area contributed by atoms with E-state index in [-0.39, 0.29) is 17.4 Å². The predicted octanol–water partition coefficient (Wildman–Crippen LogP) is 4.95. The standard InChI is InChI=1S/C21H26O4.C2H6/c1-5-6-12-7-8-14-15-9-13(11(2)3)10-16-20(4,24)21(15,16)25-18(14)17(12)19(22)23;1-2/h7-8,13,15-16,24H,2,5-6,9-10H2,1,3-4H3,(H,22,23);1-2H3/t13-,15?,16-,20-,21?;/m0./s1. The number of carbonyl (C=O) groups is 1. The number of aliphatic hydroxyl groups is 1. The molecule has 3 aliphatic rings. The van der Waals surface area contributed by atoms with Gasteiger partial charge in [0.15, 0.2) is 5.60 Å². The summed E-state index contributed by atoms with van der Waals surface area (Å²) in [6.07, 6.45) is 3.31. The molecule has 2 saturated carbocycles. The molecular formula is C23H32O4. The van der Waals surface area contributed by atoms with Crippen LogP contribution >= 0.6 is 0 Å². The van der Waals surface area contributed by atoms with Crippen LogP contribution in [0.5, 0.6) is 5.75 Å². The number of allylic oxidation sites excluding steroid dienone is 1. The first-order valence-corrected chi connectivity index (χ1v) is 10.2. The third-order valence-electron chi connectivity index (χ3n) is 6.81. The minimum atomic E-state index is -0.941. The van der Waals surface area contributed by atoms with Crippen molar-refractivity contribution in [2.45, 2.75) is 77.4 Å². The van der Waals surface area contributed by atoms with E-state index in [9.17, 15) is 15.0 Å². The Kier molecular flexibility index (Phi) is 4.92. The number of benzene rings is 1. The Morgan fingerprint density at radius 1 is 1.33 bits per heavy atom. The van der Waals surface area contributed by atoms with Crippen LogP contribution in [0.2, 0.25) is 0 Å². The first-order chi connectivity index (χ1) is 12.8. The zero-order valence-electron chi connectivity index (χ0n) is 17.1. The summed E-state index contributed by atoms with van der Waals surface area (Å²) < 4.78 is 6.33. The van der Waals surface area contributed by atoms with Gasteiger partial charge in [0.05, 0.1) is 0 Å². The molecule has 4 nitrogen and oxygen atoms in total. The van der Waals surface area contributed by atoms with Crippen molar-refractivity contribution in [3.05, 3.63) is 41.0 Å². The summed E-state index contributed by atoms with van der Waals surface area (Å²) in [6.45, 7) is 14.0. The Labute approximate surface area is 162 Å². The van der Waals surface area contributed by atoms with Gasteiger partial charge in [0.2, 0.25) is 0 Å². The molecule has 2 fully saturated rings. The Morgan fingerprint density at radius 3 is 2.56 bits per heavy atom. The molecule has 1 aromatic rings. The number of hydrogen-bond acceptors (Lipinski definition) is 3. The van der Waals surface area contributed by atoms with Crippen molar-refractivity contribution in [3.8, 4) is 5.75 Å². The van der Waals surface area contributed by atoms with E-state index in [1.54, 1.807) is 0 Å². The van der Waals surface area contributed by atoms with Crippen molar-refractivity contribution in [2.24, 2.45) is 11.8 Å². The molecule has 0 bridgehead atoms. The molecule has 5 atom stereocenters. The maximum absolute atomic E-state index is 12.0. The summed E-state index contributed by atoms with van der Waals surface area (Å²) in [5.74, 6) is -0.0386. The number of carboxylic acid groups (broad SMARTS) is 1. The maximum atomic E-state index is 12.0. The molecule has 0 aromatic heterocycles. The van der Waals surface area contributed by atoms with E-state index < -0.39 is 17.2 Å². The summed E-state index contributed by atoms with van der Waals surface area (Å²) >= 11 is 0. The van der Waals surface area contributed by atoms with Gasteiger partial charge in [0.25, 0.3) is 0 Å². The zero-order valence-corrected chi connectivity index (χ0v) is 17.1. The molecule has 0 saturated heterocycles. The van der Waals surface area contributed by atoms with E-state index >= 15 is 0 Å². The highest BCUT2D eigenvalue weighted by atomic mass is 16.5. The summed E-state index contributed by atoms with van der Waals surface area (Å²) in [6, 6.07) is 3.96. The minimum Gasteiger partial charge on any atom is -0.482 e. The van der Waals surface area contributed by atoms with Crippen LogP contribution in [0.3, 0.4) is 0 Å². The molecular weight excluding hydrogens is 340 g/mol. The van der Waals surface area contributed by atoms with Gasteiger partial charge < -0.3 is 14.9 Å². The average molecular weight is 373 g/mol. The lowest BCUT2D eigenvalue weighted by Gasteiger charge is -2.30. The number of fused-ring (bicyclic) bond motifs is 2. The van der Waals surface area contributed by atoms with Crippen molar-refractivity contribution in [2.75, 3.05) is 0 Å². The third kappa shape index (κ3) is 2.56. The van der Waals surface area contributed by atoms with Crippen LogP contribution < -0.4 is 4.74 Å². The van der Waals surface area contributed by atoms with Crippen LogP contribution in [0.4, 0.5) is 0 Å². The molecule has 2 N–H and O–H groups in total. The fraction of sp³-hybridized carbons (Fsp3) is 0.609. The van der Waals surface area contributed by atoms with E-state index in [1.807, 2.05) is 46.8 Å². The van der Waals surface area contributed by atoms with E-state index in [4.69, 9.17) is 4.74 Å². The quantitative estimate of drug-likeness (QED) is 0.734. The summed E-state index contributed by atoms with van der Waals surface area (Å²) in [7, 11) is 0. The first-order valence-electron chi connectivity index (χ1n) is 10.2. The average Bonchev–Trinajstić information content (AvgIpc) is 2.94. The highest BCUT2D eigenvalue weighted by Gasteiger charge is 2.83. The fourth-order valence-electron chi connectivity index (χ4n) is 5.44. The second-order valence-corrected chi connectivity index (χ2v) is 8.24. The monoisotopic (exact) mass is 372 g/mol. The van der Waals surface area contributed by atoms with Gasteiger partial charge in [0, 0.05) is 17.4 Å². The Morgan fingerprint density at radius 2 is 2.00 bits per heavy atom. The van der Waals surface area contributed by atoms with Crippen molar-refractivity contribution in [3.63, 3.8) is 0 Å². The van der Waals surface area contributed by atoms with Crippen LogP contribution in [0.25, 0.3) is 0 Å². The first kappa shape index (κ1) is 19.9. The molecule has 1 aromatic carbocycles. The lowest BCUT2D eigenvalue weighted by atomic mass is 9.74. The lowest BCUT2D eigenvalue weighted by Crippen LogP contribution is -2.35. The van der Waals surface area contributed by atoms with E-state index in [1.165, 1.54) is 0 Å². The maximum Gasteiger partial charge on any atom is 0.339 e. The molecule has 148 valence electrons. The smallest absolute Gasteiger partial charge is 0.339 e. The van der Waals surface area contributed by atoms with Gasteiger partial charge in [-0.3, -0.25) is 0 Å². The second kappa shape index (κ2) is 6.66. The molecule has 0 amide bonds. The third-order valence-corrected chi connectivity index (χ3v) is 6.81. The summed E-state index contributed by atoms with van der Waals surface area (Å²) in [4.78, 5) is 12.0. The molecule has 4 rings (SSSR count). The van der Waals surface area contributed by atoms with Gasteiger partial charge >= 0.3 is 5.97 Å². The van der Waals surface area contributed by atoms with Crippen molar-refractivity contribution in [1.82, 2.24) is 0 Å². The highest BCUT2D eigenvalue weighted by molar-refractivity contribution is 5.94. The summed E-state index contributed by atoms with van der Waals surface area (Å²) in [5.41, 5.74) is 1.61. The zero-order chi connectivity index (χ0) is 20.1. The van der Waals surface area contributed by atoms with E-state index in [0.29, 0.717) is 18.1 Å². The Balaban J connectivity index is 0.00000102.